The maximum absolute atomic E-state index is 10.8. The van der Waals surface area contributed by atoms with E-state index in [-0.39, 0.29) is 6.61 Å². The van der Waals surface area contributed by atoms with E-state index in [4.69, 9.17) is 23.7 Å². The smallest absolute Gasteiger partial charge is 0.330 e. The summed E-state index contributed by atoms with van der Waals surface area (Å²) in [6.45, 7) is 5.67. The second-order valence-corrected chi connectivity index (χ2v) is 5.32. The number of ether oxygens (including phenoxy) is 5. The number of methoxy groups -OCH3 is 1. The van der Waals surface area contributed by atoms with Crippen LogP contribution in [0.15, 0.2) is 49.1 Å². The molecule has 0 aromatic heterocycles. The van der Waals surface area contributed by atoms with Gasteiger partial charge in [-0.05, 0) is 35.0 Å². The van der Waals surface area contributed by atoms with Crippen molar-refractivity contribution in [3.8, 4) is 11.5 Å². The summed E-state index contributed by atoms with van der Waals surface area (Å²) >= 11 is 0. The van der Waals surface area contributed by atoms with Crippen molar-refractivity contribution in [2.45, 2.75) is 0 Å². The molecule has 2 aromatic rings. The SMILES string of the molecule is C=CC(=O)OCCOCCOCCOc1ccc2cc(OC)ccc2c1. The quantitative estimate of drug-likeness (QED) is 0.329. The second kappa shape index (κ2) is 11.1. The Morgan fingerprint density at radius 1 is 0.885 bits per heavy atom. The molecule has 0 amide bonds. The van der Waals surface area contributed by atoms with E-state index in [2.05, 4.69) is 6.58 Å². The maximum Gasteiger partial charge on any atom is 0.330 e. The van der Waals surface area contributed by atoms with E-state index in [9.17, 15) is 4.79 Å². The summed E-state index contributed by atoms with van der Waals surface area (Å²) in [5, 5.41) is 2.19. The van der Waals surface area contributed by atoms with Crippen molar-refractivity contribution in [1.82, 2.24) is 0 Å². The van der Waals surface area contributed by atoms with E-state index in [0.29, 0.717) is 33.0 Å². The summed E-state index contributed by atoms with van der Waals surface area (Å²) in [6.07, 6.45) is 1.12. The van der Waals surface area contributed by atoms with Gasteiger partial charge in [-0.2, -0.15) is 0 Å². The first-order valence-electron chi connectivity index (χ1n) is 8.38. The number of carbonyl (C=O) groups excluding carboxylic acids is 1. The van der Waals surface area contributed by atoms with Crippen molar-refractivity contribution in [3.63, 3.8) is 0 Å². The molecule has 0 spiro atoms. The van der Waals surface area contributed by atoms with E-state index in [1.54, 1.807) is 7.11 Å². The molecule has 0 saturated carbocycles. The Labute approximate surface area is 153 Å². The molecule has 2 aromatic carbocycles. The van der Waals surface area contributed by atoms with Crippen molar-refractivity contribution in [3.05, 3.63) is 49.1 Å². The number of hydrogen-bond donors (Lipinski definition) is 0. The number of fused-ring (bicyclic) bond motifs is 1. The minimum Gasteiger partial charge on any atom is -0.497 e. The van der Waals surface area contributed by atoms with Crippen LogP contribution in [0.4, 0.5) is 0 Å². The zero-order valence-electron chi connectivity index (χ0n) is 14.9. The first-order chi connectivity index (χ1) is 12.7. The normalized spacial score (nSPS) is 10.5. The van der Waals surface area contributed by atoms with Gasteiger partial charge in [0.05, 0.1) is 33.5 Å². The average Bonchev–Trinajstić information content (AvgIpc) is 2.68. The van der Waals surface area contributed by atoms with Gasteiger partial charge >= 0.3 is 5.97 Å². The minimum atomic E-state index is -0.449. The summed E-state index contributed by atoms with van der Waals surface area (Å²) in [7, 11) is 1.65. The van der Waals surface area contributed by atoms with Crippen LogP contribution in [-0.2, 0) is 19.0 Å². The molecule has 0 radical (unpaired) electrons. The Morgan fingerprint density at radius 3 is 2.12 bits per heavy atom. The van der Waals surface area contributed by atoms with Crippen molar-refractivity contribution in [1.29, 1.82) is 0 Å². The summed E-state index contributed by atoms with van der Waals surface area (Å²) in [5.41, 5.74) is 0. The van der Waals surface area contributed by atoms with Crippen LogP contribution in [0.2, 0.25) is 0 Å². The van der Waals surface area contributed by atoms with Gasteiger partial charge < -0.3 is 23.7 Å². The van der Waals surface area contributed by atoms with Gasteiger partial charge in [0.1, 0.15) is 24.7 Å². The van der Waals surface area contributed by atoms with E-state index in [0.717, 1.165) is 28.3 Å². The lowest BCUT2D eigenvalue weighted by atomic mass is 10.1. The predicted molar refractivity (Wildman–Crippen MR) is 98.8 cm³/mol. The molecule has 0 N–H and O–H groups in total. The number of benzene rings is 2. The highest BCUT2D eigenvalue weighted by atomic mass is 16.6. The Balaban J connectivity index is 1.56. The molecule has 0 aliphatic carbocycles. The van der Waals surface area contributed by atoms with Crippen LogP contribution >= 0.6 is 0 Å². The van der Waals surface area contributed by atoms with Gasteiger partial charge in [-0.15, -0.1) is 0 Å². The molecule has 140 valence electrons. The predicted octanol–water partition coefficient (Wildman–Crippen LogP) is 2.99. The van der Waals surface area contributed by atoms with Gasteiger partial charge in [-0.1, -0.05) is 18.7 Å². The summed E-state index contributed by atoms with van der Waals surface area (Å²) in [5.74, 6) is 1.18. The monoisotopic (exact) mass is 360 g/mol. The standard InChI is InChI=1S/C20H24O6/c1-3-20(21)26-13-11-24-9-8-23-10-12-25-19-7-5-16-14-18(22-2)6-4-17(16)15-19/h3-7,14-15H,1,8-13H2,2H3. The van der Waals surface area contributed by atoms with Crippen LogP contribution in [0, 0.1) is 0 Å². The third kappa shape index (κ3) is 6.74. The number of carbonyl (C=O) groups is 1. The van der Waals surface area contributed by atoms with Crippen LogP contribution in [0.1, 0.15) is 0 Å². The van der Waals surface area contributed by atoms with Crippen LogP contribution in [0.25, 0.3) is 10.8 Å². The fraction of sp³-hybridized carbons (Fsp3) is 0.350. The molecule has 26 heavy (non-hydrogen) atoms. The van der Waals surface area contributed by atoms with Gasteiger partial charge in [0.25, 0.3) is 0 Å². The molecule has 0 fully saturated rings. The Morgan fingerprint density at radius 2 is 1.46 bits per heavy atom. The summed E-state index contributed by atoms with van der Waals surface area (Å²) < 4.78 is 26.4. The lowest BCUT2D eigenvalue weighted by molar-refractivity contribution is -0.139. The molecule has 0 unspecified atom stereocenters. The highest BCUT2D eigenvalue weighted by molar-refractivity contribution is 5.85. The molecular weight excluding hydrogens is 336 g/mol. The molecule has 0 saturated heterocycles. The molecule has 2 rings (SSSR count). The van der Waals surface area contributed by atoms with Gasteiger partial charge in [0.2, 0.25) is 0 Å². The molecule has 6 nitrogen and oxygen atoms in total. The summed E-state index contributed by atoms with van der Waals surface area (Å²) in [6, 6.07) is 11.8. The van der Waals surface area contributed by atoms with Crippen LogP contribution in [0.3, 0.4) is 0 Å². The number of rotatable bonds is 12. The van der Waals surface area contributed by atoms with E-state index >= 15 is 0 Å². The zero-order valence-corrected chi connectivity index (χ0v) is 14.9. The maximum atomic E-state index is 10.8. The van der Waals surface area contributed by atoms with Crippen molar-refractivity contribution in [2.24, 2.45) is 0 Å². The fourth-order valence-corrected chi connectivity index (χ4v) is 2.22. The summed E-state index contributed by atoms with van der Waals surface area (Å²) in [4.78, 5) is 10.8. The van der Waals surface area contributed by atoms with E-state index in [1.165, 1.54) is 0 Å². The van der Waals surface area contributed by atoms with E-state index < -0.39 is 5.97 Å². The van der Waals surface area contributed by atoms with Crippen molar-refractivity contribution in [2.75, 3.05) is 46.8 Å². The molecule has 0 aliphatic rings. The van der Waals surface area contributed by atoms with Crippen LogP contribution in [0.5, 0.6) is 11.5 Å². The molecule has 0 bridgehead atoms. The third-order valence-electron chi connectivity index (χ3n) is 3.53. The molecule has 6 heteroatoms. The third-order valence-corrected chi connectivity index (χ3v) is 3.53. The minimum absolute atomic E-state index is 0.210. The van der Waals surface area contributed by atoms with Crippen molar-refractivity contribution < 1.29 is 28.5 Å². The number of hydrogen-bond acceptors (Lipinski definition) is 6. The average molecular weight is 360 g/mol. The van der Waals surface area contributed by atoms with Gasteiger partial charge in [-0.3, -0.25) is 0 Å². The van der Waals surface area contributed by atoms with Crippen LogP contribution in [-0.4, -0.2) is 52.7 Å². The molecule has 0 aliphatic heterocycles. The van der Waals surface area contributed by atoms with Crippen LogP contribution < -0.4 is 9.47 Å². The first-order valence-corrected chi connectivity index (χ1v) is 8.38. The molecular formula is C20H24O6. The largest absolute Gasteiger partial charge is 0.497 e. The van der Waals surface area contributed by atoms with Gasteiger partial charge in [-0.25, -0.2) is 4.79 Å². The first kappa shape index (κ1) is 19.8. The topological polar surface area (TPSA) is 63.2 Å². The van der Waals surface area contributed by atoms with E-state index in [1.807, 2.05) is 36.4 Å². The highest BCUT2D eigenvalue weighted by Crippen LogP contribution is 2.24. The Hall–Kier alpha value is -2.57. The fourth-order valence-electron chi connectivity index (χ4n) is 2.22. The Kier molecular flexibility index (Phi) is 8.45. The molecule has 0 heterocycles. The number of esters is 1. The lowest BCUT2D eigenvalue weighted by Gasteiger charge is -2.09. The second-order valence-electron chi connectivity index (χ2n) is 5.32. The zero-order chi connectivity index (χ0) is 18.6. The van der Waals surface area contributed by atoms with Gasteiger partial charge in [0, 0.05) is 6.08 Å². The van der Waals surface area contributed by atoms with Gasteiger partial charge in [0.15, 0.2) is 0 Å². The highest BCUT2D eigenvalue weighted by Gasteiger charge is 2.00. The van der Waals surface area contributed by atoms with Crippen molar-refractivity contribution >= 4 is 16.7 Å². The molecule has 0 atom stereocenters. The lowest BCUT2D eigenvalue weighted by Crippen LogP contribution is -2.13. The Bertz CT molecular complexity index is 713.